The van der Waals surface area contributed by atoms with Crippen LogP contribution in [0.4, 0.5) is 18.0 Å². The molecule has 2 rings (SSSR count). The number of hydrogen-bond acceptors (Lipinski definition) is 3. The van der Waals surface area contributed by atoms with Crippen LogP contribution in [0, 0.1) is 0 Å². The summed E-state index contributed by atoms with van der Waals surface area (Å²) in [6.07, 6.45) is -4.41. The van der Waals surface area contributed by atoms with E-state index in [2.05, 4.69) is 0 Å². The molecule has 4 nitrogen and oxygen atoms in total. The van der Waals surface area contributed by atoms with Gasteiger partial charge in [-0.15, -0.1) is 0 Å². The van der Waals surface area contributed by atoms with Crippen molar-refractivity contribution >= 4 is 6.09 Å². The molecule has 7 heteroatoms. The molecule has 0 saturated carbocycles. The molecule has 0 radical (unpaired) electrons. The maximum absolute atomic E-state index is 12.7. The van der Waals surface area contributed by atoms with Gasteiger partial charge in [0.25, 0.3) is 0 Å². The lowest BCUT2D eigenvalue weighted by molar-refractivity contribution is -0.137. The van der Waals surface area contributed by atoms with Gasteiger partial charge in [-0.05, 0) is 31.2 Å². The second-order valence-electron chi connectivity index (χ2n) is 5.41. The van der Waals surface area contributed by atoms with Crippen LogP contribution in [0.5, 0.6) is 0 Å². The summed E-state index contributed by atoms with van der Waals surface area (Å²) in [6.45, 7) is 2.55. The summed E-state index contributed by atoms with van der Waals surface area (Å²) in [5.41, 5.74) is 4.49. The fraction of sp³-hybridized carbons (Fsp3) is 0.500. The summed E-state index contributed by atoms with van der Waals surface area (Å²) in [6, 6.07) is 4.94. The highest BCUT2D eigenvalue weighted by atomic mass is 19.4. The van der Waals surface area contributed by atoms with Crippen molar-refractivity contribution in [2.45, 2.75) is 31.7 Å². The topological polar surface area (TPSA) is 55.6 Å². The number of carbonyl (C=O) groups excluding carboxylic acids is 1. The molecule has 2 N–H and O–H groups in total. The van der Waals surface area contributed by atoms with Crippen LogP contribution >= 0.6 is 0 Å². The first-order valence-electron chi connectivity index (χ1n) is 6.58. The van der Waals surface area contributed by atoms with E-state index in [9.17, 15) is 18.0 Å². The molecule has 0 aliphatic carbocycles. The third kappa shape index (κ3) is 3.66. The Hall–Kier alpha value is -1.76. The van der Waals surface area contributed by atoms with Crippen LogP contribution < -0.4 is 5.73 Å². The summed E-state index contributed by atoms with van der Waals surface area (Å²) in [4.78, 5) is 13.2. The first kappa shape index (κ1) is 15.6. The van der Waals surface area contributed by atoms with E-state index in [-0.39, 0.29) is 6.54 Å². The molecule has 1 heterocycles. The van der Waals surface area contributed by atoms with Crippen LogP contribution in [-0.4, -0.2) is 29.7 Å². The number of rotatable bonds is 4. The Balaban J connectivity index is 2.11. The summed E-state index contributed by atoms with van der Waals surface area (Å²) >= 11 is 0. The van der Waals surface area contributed by atoms with E-state index >= 15 is 0 Å². The number of nitrogens with zero attached hydrogens (tertiary/aromatic N) is 1. The molecule has 0 bridgehead atoms. The lowest BCUT2D eigenvalue weighted by atomic mass is 10.0. The monoisotopic (exact) mass is 302 g/mol. The number of halogens is 3. The van der Waals surface area contributed by atoms with Gasteiger partial charge in [-0.3, -0.25) is 4.90 Å². The predicted octanol–water partition coefficient (Wildman–Crippen LogP) is 2.77. The molecule has 1 unspecified atom stereocenters. The van der Waals surface area contributed by atoms with Gasteiger partial charge < -0.3 is 10.5 Å². The zero-order valence-corrected chi connectivity index (χ0v) is 11.6. The van der Waals surface area contributed by atoms with Crippen molar-refractivity contribution in [3.8, 4) is 0 Å². The summed E-state index contributed by atoms with van der Waals surface area (Å²) in [5, 5.41) is 0. The Labute approximate surface area is 120 Å². The van der Waals surface area contributed by atoms with Gasteiger partial charge in [-0.1, -0.05) is 12.1 Å². The molecule has 21 heavy (non-hydrogen) atoms. The van der Waals surface area contributed by atoms with E-state index in [1.165, 1.54) is 11.0 Å². The van der Waals surface area contributed by atoms with Gasteiger partial charge in [0.15, 0.2) is 0 Å². The Morgan fingerprint density at radius 2 is 2.14 bits per heavy atom. The smallest absolute Gasteiger partial charge is 0.416 e. The van der Waals surface area contributed by atoms with Gasteiger partial charge in [0, 0.05) is 13.0 Å². The van der Waals surface area contributed by atoms with Crippen molar-refractivity contribution in [3.63, 3.8) is 0 Å². The van der Waals surface area contributed by atoms with E-state index in [0.29, 0.717) is 25.1 Å². The van der Waals surface area contributed by atoms with Crippen molar-refractivity contribution in [2.24, 2.45) is 5.73 Å². The van der Waals surface area contributed by atoms with Crippen LogP contribution in [0.3, 0.4) is 0 Å². The van der Waals surface area contributed by atoms with Crippen LogP contribution in [-0.2, 0) is 17.5 Å². The maximum atomic E-state index is 12.7. The fourth-order valence-corrected chi connectivity index (χ4v) is 2.40. The number of amides is 1. The van der Waals surface area contributed by atoms with Crippen molar-refractivity contribution in [3.05, 3.63) is 35.4 Å². The van der Waals surface area contributed by atoms with Crippen LogP contribution in [0.25, 0.3) is 0 Å². The van der Waals surface area contributed by atoms with Crippen LogP contribution in [0.15, 0.2) is 24.3 Å². The first-order chi connectivity index (χ1) is 9.73. The second-order valence-corrected chi connectivity index (χ2v) is 5.41. The second kappa shape index (κ2) is 5.55. The maximum Gasteiger partial charge on any atom is 0.416 e. The van der Waals surface area contributed by atoms with Gasteiger partial charge in [-0.25, -0.2) is 4.79 Å². The van der Waals surface area contributed by atoms with Gasteiger partial charge in [0.05, 0.1) is 12.1 Å². The summed E-state index contributed by atoms with van der Waals surface area (Å²) in [5.74, 6) is 0. The molecule has 1 atom stereocenters. The number of nitrogens with two attached hydrogens (primary N) is 1. The standard InChI is InChI=1S/C14H17F3N2O2/c1-13(5-6-18)9-19(12(20)21-13)8-10-3-2-4-11(7-10)14(15,16)17/h2-4,7H,5-6,8-9,18H2,1H3. The molecule has 1 saturated heterocycles. The highest BCUT2D eigenvalue weighted by molar-refractivity contribution is 5.70. The molecular formula is C14H17F3N2O2. The molecule has 1 aromatic carbocycles. The van der Waals surface area contributed by atoms with E-state index in [1.807, 2.05) is 0 Å². The van der Waals surface area contributed by atoms with Crippen molar-refractivity contribution in [1.29, 1.82) is 0 Å². The third-order valence-electron chi connectivity index (χ3n) is 3.42. The Morgan fingerprint density at radius 1 is 1.43 bits per heavy atom. The molecule has 1 fully saturated rings. The normalized spacial score (nSPS) is 22.5. The van der Waals surface area contributed by atoms with Crippen molar-refractivity contribution in [2.75, 3.05) is 13.1 Å². The first-order valence-corrected chi connectivity index (χ1v) is 6.58. The Kier molecular flexibility index (Phi) is 4.13. The molecular weight excluding hydrogens is 285 g/mol. The zero-order valence-electron chi connectivity index (χ0n) is 11.6. The largest absolute Gasteiger partial charge is 0.441 e. The number of benzene rings is 1. The predicted molar refractivity (Wildman–Crippen MR) is 70.4 cm³/mol. The van der Waals surface area contributed by atoms with Crippen molar-refractivity contribution < 1.29 is 22.7 Å². The van der Waals surface area contributed by atoms with Crippen LogP contribution in [0.1, 0.15) is 24.5 Å². The summed E-state index contributed by atoms with van der Waals surface area (Å²) < 4.78 is 43.2. The average Bonchev–Trinajstić information content (AvgIpc) is 2.64. The van der Waals surface area contributed by atoms with Crippen LogP contribution in [0.2, 0.25) is 0 Å². The van der Waals surface area contributed by atoms with E-state index in [0.717, 1.165) is 12.1 Å². The molecule has 116 valence electrons. The number of alkyl halides is 3. The highest BCUT2D eigenvalue weighted by Crippen LogP contribution is 2.31. The zero-order chi connectivity index (χ0) is 15.7. The van der Waals surface area contributed by atoms with Gasteiger partial charge >= 0.3 is 12.3 Å². The minimum absolute atomic E-state index is 0.0862. The molecule has 1 aliphatic rings. The fourth-order valence-electron chi connectivity index (χ4n) is 2.40. The minimum atomic E-state index is -4.39. The quantitative estimate of drug-likeness (QED) is 0.930. The molecule has 1 amide bonds. The highest BCUT2D eigenvalue weighted by Gasteiger charge is 2.40. The third-order valence-corrected chi connectivity index (χ3v) is 3.42. The molecule has 1 aromatic rings. The lowest BCUT2D eigenvalue weighted by Gasteiger charge is -2.20. The van der Waals surface area contributed by atoms with E-state index < -0.39 is 23.4 Å². The lowest BCUT2D eigenvalue weighted by Crippen LogP contribution is -2.33. The van der Waals surface area contributed by atoms with E-state index in [4.69, 9.17) is 10.5 Å². The molecule has 1 aliphatic heterocycles. The Morgan fingerprint density at radius 3 is 2.76 bits per heavy atom. The number of hydrogen-bond donors (Lipinski definition) is 1. The summed E-state index contributed by atoms with van der Waals surface area (Å²) in [7, 11) is 0. The Bertz CT molecular complexity index is 533. The van der Waals surface area contributed by atoms with Gasteiger partial charge in [0.1, 0.15) is 5.60 Å². The SMILES string of the molecule is CC1(CCN)CN(Cc2cccc(C(F)(F)F)c2)C(=O)O1. The molecule has 0 aromatic heterocycles. The average molecular weight is 302 g/mol. The van der Waals surface area contributed by atoms with Gasteiger partial charge in [0.2, 0.25) is 0 Å². The number of cyclic esters (lactones) is 1. The number of ether oxygens (including phenoxy) is 1. The minimum Gasteiger partial charge on any atom is -0.441 e. The van der Waals surface area contributed by atoms with Gasteiger partial charge in [-0.2, -0.15) is 13.2 Å². The van der Waals surface area contributed by atoms with E-state index in [1.54, 1.807) is 13.0 Å². The van der Waals surface area contributed by atoms with Crippen molar-refractivity contribution in [1.82, 2.24) is 4.90 Å². The number of carbonyl (C=O) groups is 1. The molecule has 0 spiro atoms.